The Morgan fingerprint density at radius 3 is 2.05 bits per heavy atom. The van der Waals surface area contributed by atoms with E-state index in [9.17, 15) is 18.0 Å². The molecule has 3 rings (SSSR count). The van der Waals surface area contributed by atoms with Crippen LogP contribution in [0.3, 0.4) is 0 Å². The summed E-state index contributed by atoms with van der Waals surface area (Å²) in [6, 6.07) is 21.3. The van der Waals surface area contributed by atoms with Gasteiger partial charge in [-0.2, -0.15) is 4.31 Å². The van der Waals surface area contributed by atoms with Crippen LogP contribution in [-0.2, 0) is 32.6 Å². The molecule has 0 bridgehead atoms. The van der Waals surface area contributed by atoms with E-state index in [1.54, 1.807) is 24.3 Å². The monoisotopic (exact) mass is 589 g/mol. The average Bonchev–Trinajstić information content (AvgIpc) is 2.92. The number of unbranched alkanes of at least 4 members (excludes halogenated alkanes) is 1. The van der Waals surface area contributed by atoms with Crippen molar-refractivity contribution in [2.75, 3.05) is 20.1 Å². The van der Waals surface area contributed by atoms with Crippen molar-refractivity contribution in [3.8, 4) is 0 Å². The molecule has 3 aromatic carbocycles. The number of amides is 2. The minimum Gasteiger partial charge on any atom is -0.354 e. The van der Waals surface area contributed by atoms with Crippen LogP contribution in [0.25, 0.3) is 0 Å². The molecule has 0 aromatic heterocycles. The van der Waals surface area contributed by atoms with Crippen molar-refractivity contribution < 1.29 is 18.0 Å². The van der Waals surface area contributed by atoms with Gasteiger partial charge in [0.2, 0.25) is 21.8 Å². The first-order valence-electron chi connectivity index (χ1n) is 12.7. The van der Waals surface area contributed by atoms with Gasteiger partial charge in [0.15, 0.2) is 0 Å². The van der Waals surface area contributed by atoms with E-state index in [0.717, 1.165) is 28.3 Å². The Morgan fingerprint density at radius 2 is 1.46 bits per heavy atom. The van der Waals surface area contributed by atoms with Gasteiger partial charge in [-0.05, 0) is 53.9 Å². The molecule has 7 nitrogen and oxygen atoms in total. The van der Waals surface area contributed by atoms with E-state index in [-0.39, 0.29) is 23.8 Å². The lowest BCUT2D eigenvalue weighted by Crippen LogP contribution is -2.53. The Balaban J connectivity index is 1.94. The number of benzene rings is 3. The molecule has 1 N–H and O–H groups in total. The Morgan fingerprint density at radius 1 is 0.872 bits per heavy atom. The second kappa shape index (κ2) is 14.5. The lowest BCUT2D eigenvalue weighted by Gasteiger charge is -2.32. The van der Waals surface area contributed by atoms with Gasteiger partial charge in [0.1, 0.15) is 6.04 Å². The van der Waals surface area contributed by atoms with Crippen molar-refractivity contribution in [3.05, 3.63) is 100 Å². The number of carbonyl (C=O) groups is 2. The highest BCUT2D eigenvalue weighted by Crippen LogP contribution is 2.20. The summed E-state index contributed by atoms with van der Waals surface area (Å²) in [4.78, 5) is 28.8. The first-order chi connectivity index (χ1) is 18.6. The molecule has 0 aliphatic carbocycles. The number of rotatable bonds is 13. The predicted octanol–water partition coefficient (Wildman–Crippen LogP) is 5.17. The standard InChI is InChI=1S/C29H33Cl2N3O4S/c1-3-4-18-32-29(36)27(19-22-8-6-5-7-9-22)34(20-23-10-12-24(30)13-11-23)28(35)21-33(2)39(37,38)26-16-14-25(31)15-17-26/h5-17,27H,3-4,18-21H2,1-2H3,(H,32,36)/t27-/m0/s1. The van der Waals surface area contributed by atoms with Crippen molar-refractivity contribution in [3.63, 3.8) is 0 Å². The molecule has 0 radical (unpaired) electrons. The van der Waals surface area contributed by atoms with Crippen LogP contribution in [0.2, 0.25) is 10.0 Å². The zero-order chi connectivity index (χ0) is 28.4. The SMILES string of the molecule is CCCCNC(=O)[C@H](Cc1ccccc1)N(Cc1ccc(Cl)cc1)C(=O)CN(C)S(=O)(=O)c1ccc(Cl)cc1. The van der Waals surface area contributed by atoms with Gasteiger partial charge in [0.05, 0.1) is 11.4 Å². The first-order valence-corrected chi connectivity index (χ1v) is 14.9. The van der Waals surface area contributed by atoms with Gasteiger partial charge in [-0.25, -0.2) is 8.42 Å². The minimum absolute atomic E-state index is 0.0181. The third-order valence-electron chi connectivity index (χ3n) is 6.25. The highest BCUT2D eigenvalue weighted by Gasteiger charge is 2.33. The smallest absolute Gasteiger partial charge is 0.243 e. The Kier molecular flexibility index (Phi) is 11.4. The molecular weight excluding hydrogens is 557 g/mol. The summed E-state index contributed by atoms with van der Waals surface area (Å²) in [6.07, 6.45) is 1.98. The van der Waals surface area contributed by atoms with Crippen LogP contribution in [0, 0.1) is 0 Å². The summed E-state index contributed by atoms with van der Waals surface area (Å²) >= 11 is 12.0. The maximum absolute atomic E-state index is 13.8. The molecule has 208 valence electrons. The van der Waals surface area contributed by atoms with Gasteiger partial charge in [-0.15, -0.1) is 0 Å². The van der Waals surface area contributed by atoms with E-state index in [0.29, 0.717) is 16.6 Å². The molecule has 1 atom stereocenters. The summed E-state index contributed by atoms with van der Waals surface area (Å²) in [5.41, 5.74) is 1.64. The third kappa shape index (κ3) is 8.80. The third-order valence-corrected chi connectivity index (χ3v) is 8.57. The summed E-state index contributed by atoms with van der Waals surface area (Å²) in [5.74, 6) is -0.797. The fourth-order valence-corrected chi connectivity index (χ4v) is 5.37. The number of nitrogens with zero attached hydrogens (tertiary/aromatic N) is 2. The van der Waals surface area contributed by atoms with Crippen LogP contribution in [0.5, 0.6) is 0 Å². The lowest BCUT2D eigenvalue weighted by atomic mass is 10.0. The molecule has 2 amide bonds. The van der Waals surface area contributed by atoms with Gasteiger partial charge >= 0.3 is 0 Å². The van der Waals surface area contributed by atoms with Gasteiger partial charge in [0, 0.05) is 36.6 Å². The van der Waals surface area contributed by atoms with Crippen molar-refractivity contribution in [2.45, 2.75) is 43.7 Å². The zero-order valence-corrected chi connectivity index (χ0v) is 24.3. The highest BCUT2D eigenvalue weighted by molar-refractivity contribution is 7.89. The largest absolute Gasteiger partial charge is 0.354 e. The van der Waals surface area contributed by atoms with Crippen molar-refractivity contribution in [2.24, 2.45) is 0 Å². The number of sulfonamides is 1. The molecule has 3 aromatic rings. The molecule has 0 heterocycles. The number of hydrogen-bond donors (Lipinski definition) is 1. The fourth-order valence-electron chi connectivity index (χ4n) is 4.00. The van der Waals surface area contributed by atoms with E-state index in [4.69, 9.17) is 23.2 Å². The second-order valence-corrected chi connectivity index (χ2v) is 12.1. The van der Waals surface area contributed by atoms with Crippen molar-refractivity contribution in [1.82, 2.24) is 14.5 Å². The van der Waals surface area contributed by atoms with Crippen LogP contribution < -0.4 is 5.32 Å². The van der Waals surface area contributed by atoms with Crippen molar-refractivity contribution in [1.29, 1.82) is 0 Å². The van der Waals surface area contributed by atoms with Gasteiger partial charge in [-0.1, -0.05) is 79.0 Å². The Hall–Kier alpha value is -2.91. The molecule has 10 heteroatoms. The molecule has 0 aliphatic rings. The van der Waals surface area contributed by atoms with Crippen LogP contribution in [0.4, 0.5) is 0 Å². The van der Waals surface area contributed by atoms with Gasteiger partial charge < -0.3 is 10.2 Å². The predicted molar refractivity (Wildman–Crippen MR) is 155 cm³/mol. The topological polar surface area (TPSA) is 86.8 Å². The summed E-state index contributed by atoms with van der Waals surface area (Å²) < 4.78 is 27.4. The maximum atomic E-state index is 13.8. The van der Waals surface area contributed by atoms with Crippen LogP contribution in [0.1, 0.15) is 30.9 Å². The average molecular weight is 591 g/mol. The van der Waals surface area contributed by atoms with Crippen molar-refractivity contribution >= 4 is 45.0 Å². The Labute approximate surface area is 240 Å². The van der Waals surface area contributed by atoms with E-state index < -0.39 is 28.5 Å². The summed E-state index contributed by atoms with van der Waals surface area (Å²) in [6.45, 7) is 2.16. The fraction of sp³-hybridized carbons (Fsp3) is 0.310. The maximum Gasteiger partial charge on any atom is 0.243 e. The van der Waals surface area contributed by atoms with E-state index in [2.05, 4.69) is 5.32 Å². The van der Waals surface area contributed by atoms with E-state index in [1.807, 2.05) is 37.3 Å². The molecular formula is C29H33Cl2N3O4S. The van der Waals surface area contributed by atoms with E-state index in [1.165, 1.54) is 36.2 Å². The van der Waals surface area contributed by atoms with Crippen LogP contribution >= 0.6 is 23.2 Å². The quantitative estimate of drug-likeness (QED) is 0.279. The van der Waals surface area contributed by atoms with E-state index >= 15 is 0 Å². The molecule has 0 saturated carbocycles. The molecule has 0 unspecified atom stereocenters. The molecule has 0 spiro atoms. The number of likely N-dealkylation sites (N-methyl/N-ethyl adjacent to an activating group) is 1. The number of carbonyl (C=O) groups excluding carboxylic acids is 2. The summed E-state index contributed by atoms with van der Waals surface area (Å²) in [5, 5.41) is 3.90. The van der Waals surface area contributed by atoms with Crippen LogP contribution in [-0.4, -0.2) is 55.6 Å². The molecule has 39 heavy (non-hydrogen) atoms. The Bertz CT molecular complexity index is 1340. The van der Waals surface area contributed by atoms with Gasteiger partial charge in [0.25, 0.3) is 0 Å². The molecule has 0 fully saturated rings. The minimum atomic E-state index is -3.98. The zero-order valence-electron chi connectivity index (χ0n) is 22.0. The number of halogens is 2. The van der Waals surface area contributed by atoms with Crippen LogP contribution in [0.15, 0.2) is 83.8 Å². The number of hydrogen-bond acceptors (Lipinski definition) is 4. The van der Waals surface area contributed by atoms with Gasteiger partial charge in [-0.3, -0.25) is 9.59 Å². The molecule has 0 aliphatic heterocycles. The summed E-state index contributed by atoms with van der Waals surface area (Å²) in [7, 11) is -2.63. The second-order valence-electron chi connectivity index (χ2n) is 9.21. The normalized spacial score (nSPS) is 12.2. The lowest BCUT2D eigenvalue weighted by molar-refractivity contribution is -0.141. The highest BCUT2D eigenvalue weighted by atomic mass is 35.5. The number of nitrogens with one attached hydrogen (secondary N) is 1. The molecule has 0 saturated heterocycles. The first kappa shape index (κ1) is 30.6.